The molecule has 1 unspecified atom stereocenters. The van der Waals surface area contributed by atoms with Crippen molar-refractivity contribution in [3.63, 3.8) is 0 Å². The first-order valence-electron chi connectivity index (χ1n) is 5.72. The number of ether oxygens (including phenoxy) is 2. The maximum atomic E-state index is 5.88. The molecular formula is C12H14N4O2. The highest BCUT2D eigenvalue weighted by Crippen LogP contribution is 2.34. The zero-order chi connectivity index (χ0) is 12.5. The number of hydrogen-bond donors (Lipinski definition) is 1. The fraction of sp³-hybridized carbons (Fsp3) is 0.333. The first-order chi connectivity index (χ1) is 8.74. The second kappa shape index (κ2) is 4.30. The summed E-state index contributed by atoms with van der Waals surface area (Å²) in [6.07, 6.45) is 1.50. The number of rotatable bonds is 3. The van der Waals surface area contributed by atoms with Crippen molar-refractivity contribution in [3.05, 3.63) is 35.9 Å². The van der Waals surface area contributed by atoms with Crippen LogP contribution >= 0.6 is 0 Å². The van der Waals surface area contributed by atoms with Gasteiger partial charge in [0.2, 0.25) is 0 Å². The van der Waals surface area contributed by atoms with Crippen LogP contribution in [0.4, 0.5) is 0 Å². The van der Waals surface area contributed by atoms with Crippen LogP contribution in [0.3, 0.4) is 0 Å². The Hall–Kier alpha value is -2.08. The third kappa shape index (κ3) is 1.91. The lowest BCUT2D eigenvalue weighted by Crippen LogP contribution is -2.10. The maximum absolute atomic E-state index is 5.88. The van der Waals surface area contributed by atoms with E-state index in [2.05, 4.69) is 10.1 Å². The summed E-state index contributed by atoms with van der Waals surface area (Å²) in [6, 6.07) is 5.66. The van der Waals surface area contributed by atoms with Crippen molar-refractivity contribution in [1.29, 1.82) is 0 Å². The van der Waals surface area contributed by atoms with Crippen molar-refractivity contribution in [2.45, 2.75) is 12.6 Å². The van der Waals surface area contributed by atoms with Crippen LogP contribution in [-0.2, 0) is 13.7 Å². The number of nitrogens with two attached hydrogens (primary N) is 1. The molecule has 0 fully saturated rings. The number of aryl methyl sites for hydroxylation is 1. The Kier molecular flexibility index (Phi) is 2.64. The summed E-state index contributed by atoms with van der Waals surface area (Å²) in [4.78, 5) is 4.09. The number of aromatic nitrogens is 3. The molecule has 1 aromatic heterocycles. The molecular weight excluding hydrogens is 232 g/mol. The molecule has 18 heavy (non-hydrogen) atoms. The van der Waals surface area contributed by atoms with Gasteiger partial charge in [-0.2, -0.15) is 5.10 Å². The zero-order valence-electron chi connectivity index (χ0n) is 10.0. The summed E-state index contributed by atoms with van der Waals surface area (Å²) in [6.45, 7) is 0.906. The summed E-state index contributed by atoms with van der Waals surface area (Å²) in [5.41, 5.74) is 6.91. The normalized spacial score (nSPS) is 17.3. The van der Waals surface area contributed by atoms with E-state index < -0.39 is 0 Å². The van der Waals surface area contributed by atoms with E-state index in [0.29, 0.717) is 13.2 Å². The minimum atomic E-state index is -0.0345. The smallest absolute Gasteiger partial charge is 0.164 e. The van der Waals surface area contributed by atoms with Crippen molar-refractivity contribution in [2.75, 3.05) is 6.61 Å². The van der Waals surface area contributed by atoms with Gasteiger partial charge in [-0.05, 0) is 12.1 Å². The van der Waals surface area contributed by atoms with Gasteiger partial charge in [0, 0.05) is 18.7 Å². The average molecular weight is 246 g/mol. The van der Waals surface area contributed by atoms with Gasteiger partial charge in [-0.3, -0.25) is 4.68 Å². The Morgan fingerprint density at radius 1 is 1.56 bits per heavy atom. The van der Waals surface area contributed by atoms with Gasteiger partial charge in [0.1, 0.15) is 31.0 Å². The highest BCUT2D eigenvalue weighted by Gasteiger charge is 2.20. The number of hydrogen-bond acceptors (Lipinski definition) is 5. The van der Waals surface area contributed by atoms with E-state index in [4.69, 9.17) is 15.2 Å². The molecule has 0 radical (unpaired) electrons. The van der Waals surface area contributed by atoms with E-state index in [1.807, 2.05) is 25.2 Å². The van der Waals surface area contributed by atoms with Crippen LogP contribution < -0.4 is 15.2 Å². The second-order valence-corrected chi connectivity index (χ2v) is 4.21. The highest BCUT2D eigenvalue weighted by atomic mass is 16.5. The zero-order valence-corrected chi connectivity index (χ0v) is 10.0. The molecule has 0 amide bonds. The Balaban J connectivity index is 1.73. The molecule has 3 rings (SSSR count). The third-order valence-electron chi connectivity index (χ3n) is 2.98. The van der Waals surface area contributed by atoms with Crippen molar-refractivity contribution in [2.24, 2.45) is 12.8 Å². The lowest BCUT2D eigenvalue weighted by molar-refractivity contribution is 0.286. The summed E-state index contributed by atoms with van der Waals surface area (Å²) < 4.78 is 12.8. The molecule has 1 aromatic carbocycles. The van der Waals surface area contributed by atoms with Gasteiger partial charge < -0.3 is 15.2 Å². The highest BCUT2D eigenvalue weighted by molar-refractivity contribution is 5.44. The summed E-state index contributed by atoms with van der Waals surface area (Å²) in [5, 5.41) is 3.98. The van der Waals surface area contributed by atoms with Gasteiger partial charge in [0.05, 0.1) is 6.04 Å². The fourth-order valence-electron chi connectivity index (χ4n) is 1.90. The quantitative estimate of drug-likeness (QED) is 0.866. The Morgan fingerprint density at radius 2 is 2.44 bits per heavy atom. The molecule has 0 spiro atoms. The molecule has 0 bridgehead atoms. The second-order valence-electron chi connectivity index (χ2n) is 4.21. The van der Waals surface area contributed by atoms with Crippen LogP contribution in [0.2, 0.25) is 0 Å². The molecule has 1 aliphatic heterocycles. The average Bonchev–Trinajstić information content (AvgIpc) is 2.94. The van der Waals surface area contributed by atoms with Crippen LogP contribution in [0.15, 0.2) is 24.5 Å². The molecule has 1 aliphatic rings. The molecule has 0 aliphatic carbocycles. The van der Waals surface area contributed by atoms with Gasteiger partial charge in [-0.25, -0.2) is 4.98 Å². The van der Waals surface area contributed by atoms with Crippen molar-refractivity contribution in [1.82, 2.24) is 14.8 Å². The maximum Gasteiger partial charge on any atom is 0.164 e. The first-order valence-corrected chi connectivity index (χ1v) is 5.72. The van der Waals surface area contributed by atoms with Crippen molar-refractivity contribution in [3.8, 4) is 11.5 Å². The number of benzene rings is 1. The predicted octanol–water partition coefficient (Wildman–Crippen LogP) is 0.786. The van der Waals surface area contributed by atoms with Crippen molar-refractivity contribution >= 4 is 0 Å². The van der Waals surface area contributed by atoms with Gasteiger partial charge in [0.25, 0.3) is 0 Å². The van der Waals surface area contributed by atoms with E-state index in [1.54, 1.807) is 4.68 Å². The van der Waals surface area contributed by atoms with Gasteiger partial charge in [-0.1, -0.05) is 0 Å². The molecule has 0 saturated heterocycles. The molecule has 2 aromatic rings. The van der Waals surface area contributed by atoms with Crippen LogP contribution in [0.1, 0.15) is 17.4 Å². The van der Waals surface area contributed by atoms with Gasteiger partial charge in [-0.15, -0.1) is 0 Å². The predicted molar refractivity (Wildman–Crippen MR) is 64.2 cm³/mol. The molecule has 1 atom stereocenters. The van der Waals surface area contributed by atoms with E-state index in [-0.39, 0.29) is 6.04 Å². The van der Waals surface area contributed by atoms with Crippen LogP contribution in [-0.4, -0.2) is 21.4 Å². The standard InChI is InChI=1S/C12H14N4O2/c1-16-12(14-7-15-16)6-17-8-2-3-9-10(13)5-18-11(9)4-8/h2-4,7,10H,5-6,13H2,1H3. The van der Waals surface area contributed by atoms with Crippen molar-refractivity contribution < 1.29 is 9.47 Å². The van der Waals surface area contributed by atoms with E-state index in [0.717, 1.165) is 22.9 Å². The molecule has 0 saturated carbocycles. The van der Waals surface area contributed by atoms with Crippen LogP contribution in [0.5, 0.6) is 11.5 Å². The minimum Gasteiger partial charge on any atom is -0.491 e. The molecule has 6 heteroatoms. The molecule has 2 heterocycles. The van der Waals surface area contributed by atoms with Crippen LogP contribution in [0, 0.1) is 0 Å². The molecule has 94 valence electrons. The Morgan fingerprint density at radius 3 is 3.22 bits per heavy atom. The first kappa shape index (κ1) is 11.0. The SMILES string of the molecule is Cn1ncnc1COc1ccc2c(c1)OCC2N. The Labute approximate surface area is 104 Å². The summed E-state index contributed by atoms with van der Waals surface area (Å²) in [5.74, 6) is 2.32. The lowest BCUT2D eigenvalue weighted by Gasteiger charge is -2.07. The molecule has 6 nitrogen and oxygen atoms in total. The Bertz CT molecular complexity index is 567. The fourth-order valence-corrected chi connectivity index (χ4v) is 1.90. The summed E-state index contributed by atoms with van der Waals surface area (Å²) in [7, 11) is 1.83. The van der Waals surface area contributed by atoms with E-state index in [1.165, 1.54) is 6.33 Å². The number of fused-ring (bicyclic) bond motifs is 1. The lowest BCUT2D eigenvalue weighted by atomic mass is 10.1. The monoisotopic (exact) mass is 246 g/mol. The van der Waals surface area contributed by atoms with E-state index in [9.17, 15) is 0 Å². The number of nitrogens with zero attached hydrogens (tertiary/aromatic N) is 3. The third-order valence-corrected chi connectivity index (χ3v) is 2.98. The molecule has 2 N–H and O–H groups in total. The topological polar surface area (TPSA) is 75.2 Å². The van der Waals surface area contributed by atoms with Crippen LogP contribution in [0.25, 0.3) is 0 Å². The van der Waals surface area contributed by atoms with E-state index >= 15 is 0 Å². The minimum absolute atomic E-state index is 0.0345. The van der Waals surface area contributed by atoms with Gasteiger partial charge >= 0.3 is 0 Å². The van der Waals surface area contributed by atoms with Gasteiger partial charge in [0.15, 0.2) is 5.82 Å². The summed E-state index contributed by atoms with van der Waals surface area (Å²) >= 11 is 0. The largest absolute Gasteiger partial charge is 0.491 e.